The molecule has 0 saturated carbocycles. The summed E-state index contributed by atoms with van der Waals surface area (Å²) in [5.41, 5.74) is 2.52. The van der Waals surface area contributed by atoms with Gasteiger partial charge in [0.1, 0.15) is 5.82 Å². The van der Waals surface area contributed by atoms with Gasteiger partial charge < -0.3 is 15.1 Å². The Balaban J connectivity index is 2.31. The fraction of sp³-hybridized carbons (Fsp3) is 0.462. The van der Waals surface area contributed by atoms with Crippen molar-refractivity contribution in [3.8, 4) is 0 Å². The van der Waals surface area contributed by atoms with Crippen molar-refractivity contribution in [2.75, 3.05) is 18.6 Å². The van der Waals surface area contributed by atoms with Crippen LogP contribution in [0.4, 0.5) is 10.1 Å². The Kier molecular flexibility index (Phi) is 4.01. The first kappa shape index (κ1) is 13.8. The molecule has 0 aliphatic carbocycles. The van der Waals surface area contributed by atoms with Crippen molar-refractivity contribution < 1.29 is 13.9 Å². The second-order valence-electron chi connectivity index (χ2n) is 4.76. The highest BCUT2D eigenvalue weighted by Gasteiger charge is 2.29. The van der Waals surface area contributed by atoms with Crippen LogP contribution in [0.5, 0.6) is 0 Å². The van der Waals surface area contributed by atoms with Gasteiger partial charge in [0, 0.05) is 6.54 Å². The van der Waals surface area contributed by atoms with E-state index in [1.165, 1.54) is 12.1 Å². The van der Waals surface area contributed by atoms with Crippen LogP contribution in [-0.2, 0) is 4.74 Å². The predicted molar refractivity (Wildman–Crippen MR) is 70.1 cm³/mol. The Morgan fingerprint density at radius 3 is 2.95 bits per heavy atom. The summed E-state index contributed by atoms with van der Waals surface area (Å²) < 4.78 is 19.1. The maximum Gasteiger partial charge on any atom is 0.256 e. The van der Waals surface area contributed by atoms with Gasteiger partial charge in [0.15, 0.2) is 0 Å². The fourth-order valence-corrected chi connectivity index (χ4v) is 2.19. The zero-order valence-electron chi connectivity index (χ0n) is 11.0. The van der Waals surface area contributed by atoms with E-state index in [4.69, 9.17) is 10.6 Å². The molecule has 5 nitrogen and oxygen atoms in total. The summed E-state index contributed by atoms with van der Waals surface area (Å²) in [5.74, 6) is 4.52. The summed E-state index contributed by atoms with van der Waals surface area (Å²) >= 11 is 0. The normalized spacial score (nSPS) is 23.3. The van der Waals surface area contributed by atoms with Gasteiger partial charge in [0.05, 0.1) is 30.0 Å². The molecule has 1 fully saturated rings. The number of carbonyl (C=O) groups is 1. The van der Waals surface area contributed by atoms with Gasteiger partial charge in [0.2, 0.25) is 0 Å². The minimum atomic E-state index is -0.540. The summed E-state index contributed by atoms with van der Waals surface area (Å²) in [7, 11) is 0. The molecule has 0 bridgehead atoms. The van der Waals surface area contributed by atoms with E-state index < -0.39 is 5.82 Å². The second kappa shape index (κ2) is 5.54. The van der Waals surface area contributed by atoms with Gasteiger partial charge in [-0.15, -0.1) is 0 Å². The van der Waals surface area contributed by atoms with E-state index in [1.807, 2.05) is 13.8 Å². The summed E-state index contributed by atoms with van der Waals surface area (Å²) in [5, 5.41) is 0. The highest BCUT2D eigenvalue weighted by atomic mass is 19.1. The van der Waals surface area contributed by atoms with E-state index in [1.54, 1.807) is 11.0 Å². The minimum Gasteiger partial charge on any atom is -0.375 e. The SMILES string of the molecule is CC1CN(C(=O)c2cccc(F)c2NN)C(C)CO1. The lowest BCUT2D eigenvalue weighted by atomic mass is 10.1. The number of benzene rings is 1. The molecule has 2 rings (SSSR count). The second-order valence-corrected chi connectivity index (χ2v) is 4.76. The molecule has 6 heteroatoms. The largest absolute Gasteiger partial charge is 0.375 e. The third kappa shape index (κ3) is 2.69. The molecule has 1 aromatic carbocycles. The smallest absolute Gasteiger partial charge is 0.256 e. The molecule has 0 spiro atoms. The Bertz CT molecular complexity index is 481. The zero-order chi connectivity index (χ0) is 14.0. The van der Waals surface area contributed by atoms with E-state index in [9.17, 15) is 9.18 Å². The van der Waals surface area contributed by atoms with Gasteiger partial charge in [-0.2, -0.15) is 0 Å². The van der Waals surface area contributed by atoms with Crippen LogP contribution in [0.25, 0.3) is 0 Å². The van der Waals surface area contributed by atoms with Crippen LogP contribution in [-0.4, -0.2) is 36.1 Å². The third-order valence-corrected chi connectivity index (χ3v) is 3.26. The average molecular weight is 267 g/mol. The fourth-order valence-electron chi connectivity index (χ4n) is 2.19. The van der Waals surface area contributed by atoms with Crippen molar-refractivity contribution in [3.05, 3.63) is 29.6 Å². The number of nitrogen functional groups attached to an aromatic ring is 1. The lowest BCUT2D eigenvalue weighted by Gasteiger charge is -2.37. The number of morpholine rings is 1. The lowest BCUT2D eigenvalue weighted by molar-refractivity contribution is -0.0386. The number of rotatable bonds is 2. The number of nitrogens with one attached hydrogen (secondary N) is 1. The van der Waals surface area contributed by atoms with Crippen LogP contribution in [0.1, 0.15) is 24.2 Å². The Morgan fingerprint density at radius 1 is 1.53 bits per heavy atom. The molecule has 0 radical (unpaired) electrons. The number of ether oxygens (including phenoxy) is 1. The van der Waals surface area contributed by atoms with Crippen LogP contribution in [0.15, 0.2) is 18.2 Å². The van der Waals surface area contributed by atoms with Crippen LogP contribution in [0.3, 0.4) is 0 Å². The molecule has 2 atom stereocenters. The molecule has 0 aromatic heterocycles. The Hall–Kier alpha value is -1.66. The first-order chi connectivity index (χ1) is 9.04. The zero-order valence-corrected chi connectivity index (χ0v) is 11.0. The van der Waals surface area contributed by atoms with Crippen molar-refractivity contribution in [3.63, 3.8) is 0 Å². The lowest BCUT2D eigenvalue weighted by Crippen LogP contribution is -2.50. The van der Waals surface area contributed by atoms with Gasteiger partial charge in [-0.25, -0.2) is 4.39 Å². The molecule has 1 heterocycles. The van der Waals surface area contributed by atoms with Gasteiger partial charge in [0.25, 0.3) is 5.91 Å². The first-order valence-corrected chi connectivity index (χ1v) is 6.22. The number of amides is 1. The summed E-state index contributed by atoms with van der Waals surface area (Å²) in [4.78, 5) is 14.2. The van der Waals surface area contributed by atoms with Gasteiger partial charge in [-0.3, -0.25) is 10.6 Å². The van der Waals surface area contributed by atoms with E-state index in [0.29, 0.717) is 13.2 Å². The standard InChI is InChI=1S/C13H18FN3O2/c1-8-7-19-9(2)6-17(8)13(18)10-4-3-5-11(14)12(10)16-15/h3-5,8-9,16H,6-7,15H2,1-2H3. The van der Waals surface area contributed by atoms with Crippen LogP contribution >= 0.6 is 0 Å². The maximum absolute atomic E-state index is 13.6. The Labute approximate surface area is 111 Å². The van der Waals surface area contributed by atoms with Crippen molar-refractivity contribution in [1.29, 1.82) is 0 Å². The third-order valence-electron chi connectivity index (χ3n) is 3.26. The van der Waals surface area contributed by atoms with Crippen molar-refractivity contribution >= 4 is 11.6 Å². The van der Waals surface area contributed by atoms with Crippen molar-refractivity contribution in [2.45, 2.75) is 26.0 Å². The van der Waals surface area contributed by atoms with Crippen LogP contribution < -0.4 is 11.3 Å². The number of hydrazine groups is 1. The minimum absolute atomic E-state index is 0.0250. The molecule has 1 amide bonds. The highest BCUT2D eigenvalue weighted by Crippen LogP contribution is 2.23. The number of hydrogen-bond acceptors (Lipinski definition) is 4. The number of para-hydroxylation sites is 1. The van der Waals surface area contributed by atoms with Gasteiger partial charge >= 0.3 is 0 Å². The molecular weight excluding hydrogens is 249 g/mol. The molecule has 1 aliphatic rings. The quantitative estimate of drug-likeness (QED) is 0.627. The topological polar surface area (TPSA) is 67.6 Å². The average Bonchev–Trinajstić information content (AvgIpc) is 2.40. The van der Waals surface area contributed by atoms with Gasteiger partial charge in [-0.1, -0.05) is 6.07 Å². The molecule has 104 valence electrons. The van der Waals surface area contributed by atoms with E-state index in [-0.39, 0.29) is 29.3 Å². The van der Waals surface area contributed by atoms with Gasteiger partial charge in [-0.05, 0) is 26.0 Å². The van der Waals surface area contributed by atoms with E-state index in [0.717, 1.165) is 0 Å². The number of halogens is 1. The van der Waals surface area contributed by atoms with Crippen molar-refractivity contribution in [1.82, 2.24) is 4.90 Å². The number of nitrogens with zero attached hydrogens (tertiary/aromatic N) is 1. The summed E-state index contributed by atoms with van der Waals surface area (Å²) in [6.07, 6.45) is -0.0250. The number of carbonyl (C=O) groups excluding carboxylic acids is 1. The van der Waals surface area contributed by atoms with Crippen molar-refractivity contribution in [2.24, 2.45) is 5.84 Å². The Morgan fingerprint density at radius 2 is 2.26 bits per heavy atom. The maximum atomic E-state index is 13.6. The number of hydrogen-bond donors (Lipinski definition) is 2. The van der Waals surface area contributed by atoms with E-state index in [2.05, 4.69) is 5.43 Å². The molecular formula is C13H18FN3O2. The molecule has 2 unspecified atom stereocenters. The first-order valence-electron chi connectivity index (χ1n) is 6.22. The number of anilines is 1. The van der Waals surface area contributed by atoms with Crippen LogP contribution in [0, 0.1) is 5.82 Å². The summed E-state index contributed by atoms with van der Waals surface area (Å²) in [6.45, 7) is 4.77. The summed E-state index contributed by atoms with van der Waals surface area (Å²) in [6, 6.07) is 4.28. The monoisotopic (exact) mass is 267 g/mol. The highest BCUT2D eigenvalue weighted by molar-refractivity contribution is 5.99. The van der Waals surface area contributed by atoms with Crippen LogP contribution in [0.2, 0.25) is 0 Å². The molecule has 3 N–H and O–H groups in total. The predicted octanol–water partition coefficient (Wildman–Crippen LogP) is 1.36. The van der Waals surface area contributed by atoms with E-state index >= 15 is 0 Å². The molecule has 19 heavy (non-hydrogen) atoms. The molecule has 1 saturated heterocycles. The molecule has 1 aliphatic heterocycles. The number of nitrogens with two attached hydrogens (primary N) is 1. The molecule has 1 aromatic rings.